The number of amides is 1. The fourth-order valence-corrected chi connectivity index (χ4v) is 2.43. The van der Waals surface area contributed by atoms with Crippen molar-refractivity contribution in [2.24, 2.45) is 7.05 Å². The van der Waals surface area contributed by atoms with Gasteiger partial charge < -0.3 is 10.2 Å². The largest absolute Gasteiger partial charge is 0.314 e. The highest BCUT2D eigenvalue weighted by Crippen LogP contribution is 2.22. The Balaban J connectivity index is 0.00000264. The molecule has 0 radical (unpaired) electrons. The molecule has 0 saturated heterocycles. The van der Waals surface area contributed by atoms with Crippen LogP contribution in [0.2, 0.25) is 0 Å². The van der Waals surface area contributed by atoms with E-state index in [9.17, 15) is 4.79 Å². The summed E-state index contributed by atoms with van der Waals surface area (Å²) >= 11 is 0. The van der Waals surface area contributed by atoms with Gasteiger partial charge in [-0.25, -0.2) is 0 Å². The molecule has 0 bridgehead atoms. The lowest BCUT2D eigenvalue weighted by atomic mass is 10.0. The molecule has 1 unspecified atom stereocenters. The van der Waals surface area contributed by atoms with Crippen LogP contribution in [0.15, 0.2) is 36.7 Å². The Morgan fingerprint density at radius 3 is 2.26 bits per heavy atom. The lowest BCUT2D eigenvalue weighted by molar-refractivity contribution is -0.120. The van der Waals surface area contributed by atoms with Gasteiger partial charge in [-0.3, -0.25) is 9.48 Å². The monoisotopic (exact) mass is 336 g/mol. The van der Waals surface area contributed by atoms with E-state index in [1.54, 1.807) is 29.9 Å². The molecule has 1 atom stereocenters. The number of carbonyl (C=O) groups excluding carboxylic acids is 1. The van der Waals surface area contributed by atoms with Gasteiger partial charge in [0.1, 0.15) is 6.04 Å². The topological polar surface area (TPSA) is 50.2 Å². The third-order valence-electron chi connectivity index (χ3n) is 3.87. The van der Waals surface area contributed by atoms with Crippen LogP contribution in [0.5, 0.6) is 0 Å². The number of halogens is 1. The number of benzene rings is 1. The number of anilines is 1. The minimum absolute atomic E-state index is 0. The second-order valence-corrected chi connectivity index (χ2v) is 5.81. The molecule has 126 valence electrons. The van der Waals surface area contributed by atoms with Crippen molar-refractivity contribution in [3.63, 3.8) is 0 Å². The van der Waals surface area contributed by atoms with Gasteiger partial charge in [0.25, 0.3) is 0 Å². The van der Waals surface area contributed by atoms with E-state index < -0.39 is 6.04 Å². The molecule has 1 aromatic heterocycles. The quantitative estimate of drug-likeness (QED) is 0.913. The molecule has 0 aliphatic rings. The Morgan fingerprint density at radius 1 is 1.22 bits per heavy atom. The van der Waals surface area contributed by atoms with Crippen molar-refractivity contribution in [1.29, 1.82) is 0 Å². The van der Waals surface area contributed by atoms with Crippen LogP contribution in [-0.2, 0) is 11.8 Å². The molecule has 1 N–H and O–H groups in total. The van der Waals surface area contributed by atoms with E-state index in [1.165, 1.54) is 5.56 Å². The number of aromatic nitrogens is 2. The number of rotatable bonds is 5. The van der Waals surface area contributed by atoms with Crippen LogP contribution in [0.1, 0.15) is 36.9 Å². The first-order valence-electron chi connectivity index (χ1n) is 7.47. The first-order valence-corrected chi connectivity index (χ1v) is 7.47. The Labute approximate surface area is 144 Å². The molecule has 1 aromatic carbocycles. The molecule has 1 amide bonds. The van der Waals surface area contributed by atoms with Crippen molar-refractivity contribution in [3.05, 3.63) is 47.8 Å². The Bertz CT molecular complexity index is 636. The summed E-state index contributed by atoms with van der Waals surface area (Å²) in [6, 6.07) is 7.72. The summed E-state index contributed by atoms with van der Waals surface area (Å²) in [5.41, 5.74) is 3.02. The van der Waals surface area contributed by atoms with E-state index in [0.29, 0.717) is 5.92 Å². The Hall–Kier alpha value is -1.85. The van der Waals surface area contributed by atoms with Gasteiger partial charge in [-0.1, -0.05) is 26.0 Å². The molecule has 23 heavy (non-hydrogen) atoms. The van der Waals surface area contributed by atoms with E-state index in [1.807, 2.05) is 25.4 Å². The van der Waals surface area contributed by atoms with Crippen molar-refractivity contribution < 1.29 is 4.79 Å². The molecule has 0 spiro atoms. The van der Waals surface area contributed by atoms with Gasteiger partial charge in [0.15, 0.2) is 0 Å². The number of hydrogen-bond donors (Lipinski definition) is 1. The van der Waals surface area contributed by atoms with Gasteiger partial charge in [-0.05, 0) is 30.7 Å². The molecule has 0 fully saturated rings. The Kier molecular flexibility index (Phi) is 6.79. The fraction of sp³-hybridized carbons (Fsp3) is 0.412. The summed E-state index contributed by atoms with van der Waals surface area (Å²) in [4.78, 5) is 14.4. The van der Waals surface area contributed by atoms with Crippen molar-refractivity contribution in [2.75, 3.05) is 19.0 Å². The summed E-state index contributed by atoms with van der Waals surface area (Å²) in [6.07, 6.45) is 3.57. The first kappa shape index (κ1) is 19.2. The molecular weight excluding hydrogens is 312 g/mol. The van der Waals surface area contributed by atoms with Gasteiger partial charge in [-0.2, -0.15) is 5.10 Å². The molecule has 0 aliphatic heterocycles. The summed E-state index contributed by atoms with van der Waals surface area (Å²) in [5, 5.41) is 7.20. The maximum absolute atomic E-state index is 12.7. The van der Waals surface area contributed by atoms with Crippen LogP contribution < -0.4 is 10.2 Å². The lowest BCUT2D eigenvalue weighted by Gasteiger charge is -2.23. The second-order valence-electron chi connectivity index (χ2n) is 5.81. The molecule has 6 heteroatoms. The highest BCUT2D eigenvalue weighted by atomic mass is 35.5. The predicted molar refractivity (Wildman–Crippen MR) is 96.2 cm³/mol. The van der Waals surface area contributed by atoms with Crippen LogP contribution in [-0.4, -0.2) is 29.8 Å². The average molecular weight is 337 g/mol. The molecule has 5 nitrogen and oxygen atoms in total. The van der Waals surface area contributed by atoms with Crippen LogP contribution in [0, 0.1) is 0 Å². The maximum atomic E-state index is 12.7. The maximum Gasteiger partial charge on any atom is 0.248 e. The number of nitrogens with one attached hydrogen (secondary N) is 1. The van der Waals surface area contributed by atoms with E-state index in [4.69, 9.17) is 0 Å². The highest BCUT2D eigenvalue weighted by molar-refractivity contribution is 5.97. The van der Waals surface area contributed by atoms with Crippen LogP contribution in [0.4, 0.5) is 5.69 Å². The third-order valence-corrected chi connectivity index (χ3v) is 3.87. The summed E-state index contributed by atoms with van der Waals surface area (Å²) < 4.78 is 1.70. The van der Waals surface area contributed by atoms with Crippen LogP contribution in [0.25, 0.3) is 0 Å². The lowest BCUT2D eigenvalue weighted by Crippen LogP contribution is -2.37. The van der Waals surface area contributed by atoms with Gasteiger partial charge in [0, 0.05) is 31.5 Å². The number of aryl methyl sites for hydroxylation is 1. The second kappa shape index (κ2) is 8.13. The number of carbonyl (C=O) groups is 1. The average Bonchev–Trinajstić information content (AvgIpc) is 2.93. The predicted octanol–water partition coefficient (Wildman–Crippen LogP) is 2.89. The van der Waals surface area contributed by atoms with E-state index in [2.05, 4.69) is 36.4 Å². The van der Waals surface area contributed by atoms with Gasteiger partial charge in [-0.15, -0.1) is 12.4 Å². The normalized spacial score (nSPS) is 11.9. The molecule has 2 rings (SSSR count). The summed E-state index contributed by atoms with van der Waals surface area (Å²) in [5.74, 6) is 0.475. The van der Waals surface area contributed by atoms with Crippen molar-refractivity contribution in [3.8, 4) is 0 Å². The highest BCUT2D eigenvalue weighted by Gasteiger charge is 2.24. The van der Waals surface area contributed by atoms with Gasteiger partial charge in [0.2, 0.25) is 5.91 Å². The zero-order chi connectivity index (χ0) is 16.3. The van der Waals surface area contributed by atoms with Gasteiger partial charge in [0.05, 0.1) is 6.20 Å². The minimum atomic E-state index is -0.400. The molecular formula is C17H25ClN4O. The van der Waals surface area contributed by atoms with Crippen LogP contribution >= 0.6 is 12.4 Å². The molecule has 1 heterocycles. The van der Waals surface area contributed by atoms with Crippen molar-refractivity contribution in [1.82, 2.24) is 15.1 Å². The third kappa shape index (κ3) is 4.33. The summed E-state index contributed by atoms with van der Waals surface area (Å²) in [7, 11) is 5.42. The van der Waals surface area contributed by atoms with Crippen LogP contribution in [0.3, 0.4) is 0 Å². The Morgan fingerprint density at radius 2 is 1.83 bits per heavy atom. The van der Waals surface area contributed by atoms with E-state index in [0.717, 1.165) is 11.3 Å². The molecule has 2 aromatic rings. The first-order chi connectivity index (χ1) is 10.4. The van der Waals surface area contributed by atoms with E-state index >= 15 is 0 Å². The van der Waals surface area contributed by atoms with E-state index in [-0.39, 0.29) is 18.3 Å². The van der Waals surface area contributed by atoms with Gasteiger partial charge >= 0.3 is 0 Å². The number of likely N-dealkylation sites (N-methyl/N-ethyl adjacent to an activating group) is 2. The number of hydrogen-bond acceptors (Lipinski definition) is 3. The van der Waals surface area contributed by atoms with Crippen molar-refractivity contribution >= 4 is 24.0 Å². The number of nitrogens with zero attached hydrogens (tertiary/aromatic N) is 3. The zero-order valence-electron chi connectivity index (χ0n) is 14.3. The fourth-order valence-electron chi connectivity index (χ4n) is 2.43. The molecule has 0 aliphatic carbocycles. The summed E-state index contributed by atoms with van der Waals surface area (Å²) in [6.45, 7) is 4.31. The van der Waals surface area contributed by atoms with Crippen molar-refractivity contribution in [2.45, 2.75) is 25.8 Å². The molecule has 0 saturated carbocycles. The zero-order valence-corrected chi connectivity index (χ0v) is 15.1. The smallest absolute Gasteiger partial charge is 0.248 e. The SMILES string of the molecule is CNC(C(=O)N(C)c1ccc(C(C)C)cc1)c1cnn(C)c1.Cl. The standard InChI is InChI=1S/C17H24N4O.ClH/c1-12(2)13-6-8-15(9-7-13)21(5)17(22)16(18-3)14-10-19-20(4)11-14;/h6-12,16,18H,1-5H3;1H. The minimum Gasteiger partial charge on any atom is -0.314 e.